The van der Waals surface area contributed by atoms with E-state index in [9.17, 15) is 9.59 Å². The normalized spacial score (nSPS) is 13.4. The summed E-state index contributed by atoms with van der Waals surface area (Å²) in [6.07, 6.45) is 2.30. The van der Waals surface area contributed by atoms with E-state index < -0.39 is 0 Å². The molecule has 6 heteroatoms. The summed E-state index contributed by atoms with van der Waals surface area (Å²) in [7, 11) is 0. The number of rotatable bonds is 6. The second-order valence-electron chi connectivity index (χ2n) is 7.69. The van der Waals surface area contributed by atoms with Crippen LogP contribution in [-0.2, 0) is 29.0 Å². The standard InChI is InChI=1S/C21H28N4O2/c1-13(2)12-25-15(4)18(14(3)24-25)7-10-20(26)22-17-6-8-19-16(11-17)5-9-21(27)23-19/h6,8,11,13H,5,7,9-10,12H2,1-4H3,(H,22,26)(H,23,27). The second kappa shape index (κ2) is 7.94. The fourth-order valence-corrected chi connectivity index (χ4v) is 3.54. The van der Waals surface area contributed by atoms with Crippen LogP contribution in [0.4, 0.5) is 11.4 Å². The number of hydrogen-bond acceptors (Lipinski definition) is 3. The van der Waals surface area contributed by atoms with Gasteiger partial charge in [-0.1, -0.05) is 13.8 Å². The van der Waals surface area contributed by atoms with E-state index in [0.717, 1.165) is 34.9 Å². The summed E-state index contributed by atoms with van der Waals surface area (Å²) >= 11 is 0. The van der Waals surface area contributed by atoms with Crippen molar-refractivity contribution in [3.8, 4) is 0 Å². The number of amides is 2. The highest BCUT2D eigenvalue weighted by Crippen LogP contribution is 2.26. The molecule has 1 aliphatic rings. The Morgan fingerprint density at radius 2 is 2.07 bits per heavy atom. The summed E-state index contributed by atoms with van der Waals surface area (Å²) < 4.78 is 2.05. The van der Waals surface area contributed by atoms with Gasteiger partial charge in [0.2, 0.25) is 11.8 Å². The van der Waals surface area contributed by atoms with Crippen LogP contribution < -0.4 is 10.6 Å². The van der Waals surface area contributed by atoms with Crippen molar-refractivity contribution in [3.63, 3.8) is 0 Å². The van der Waals surface area contributed by atoms with Gasteiger partial charge in [0.1, 0.15) is 0 Å². The van der Waals surface area contributed by atoms with E-state index in [-0.39, 0.29) is 11.8 Å². The average molecular weight is 368 g/mol. The number of benzene rings is 1. The maximum atomic E-state index is 12.4. The van der Waals surface area contributed by atoms with Crippen molar-refractivity contribution in [3.05, 3.63) is 40.7 Å². The van der Waals surface area contributed by atoms with Gasteiger partial charge in [-0.05, 0) is 61.9 Å². The fourth-order valence-electron chi connectivity index (χ4n) is 3.54. The maximum Gasteiger partial charge on any atom is 0.224 e. The third-order valence-electron chi connectivity index (χ3n) is 4.96. The molecule has 0 spiro atoms. The van der Waals surface area contributed by atoms with Crippen molar-refractivity contribution in [2.45, 2.75) is 59.9 Å². The van der Waals surface area contributed by atoms with Crippen LogP contribution in [0.5, 0.6) is 0 Å². The van der Waals surface area contributed by atoms with Crippen LogP contribution >= 0.6 is 0 Å². The number of hydrogen-bond donors (Lipinski definition) is 2. The molecule has 0 saturated heterocycles. The molecular weight excluding hydrogens is 340 g/mol. The van der Waals surface area contributed by atoms with E-state index in [1.165, 1.54) is 5.56 Å². The first-order valence-electron chi connectivity index (χ1n) is 9.59. The van der Waals surface area contributed by atoms with E-state index in [0.29, 0.717) is 31.6 Å². The first kappa shape index (κ1) is 19.1. The summed E-state index contributed by atoms with van der Waals surface area (Å²) in [5.41, 5.74) is 6.00. The molecule has 0 bridgehead atoms. The van der Waals surface area contributed by atoms with Gasteiger partial charge in [0, 0.05) is 36.5 Å². The molecule has 2 amide bonds. The van der Waals surface area contributed by atoms with Crippen molar-refractivity contribution in [1.29, 1.82) is 0 Å². The zero-order chi connectivity index (χ0) is 19.6. The molecule has 0 radical (unpaired) electrons. The highest BCUT2D eigenvalue weighted by Gasteiger charge is 2.16. The zero-order valence-corrected chi connectivity index (χ0v) is 16.6. The Bertz CT molecular complexity index is 867. The van der Waals surface area contributed by atoms with E-state index in [1.54, 1.807) is 0 Å². The lowest BCUT2D eigenvalue weighted by Crippen LogP contribution is -2.19. The molecule has 0 fully saturated rings. The molecule has 1 aliphatic heterocycles. The molecule has 2 N–H and O–H groups in total. The SMILES string of the molecule is Cc1nn(CC(C)C)c(C)c1CCC(=O)Nc1ccc2c(c1)CCC(=O)N2. The van der Waals surface area contributed by atoms with Gasteiger partial charge in [-0.2, -0.15) is 5.10 Å². The number of aromatic nitrogens is 2. The lowest BCUT2D eigenvalue weighted by atomic mass is 10.0. The highest BCUT2D eigenvalue weighted by atomic mass is 16.2. The van der Waals surface area contributed by atoms with E-state index in [2.05, 4.69) is 36.5 Å². The Morgan fingerprint density at radius 1 is 1.30 bits per heavy atom. The topological polar surface area (TPSA) is 76.0 Å². The lowest BCUT2D eigenvalue weighted by Gasteiger charge is -2.17. The molecule has 1 aromatic heterocycles. The van der Waals surface area contributed by atoms with Gasteiger partial charge in [0.05, 0.1) is 5.69 Å². The molecule has 27 heavy (non-hydrogen) atoms. The quantitative estimate of drug-likeness (QED) is 0.818. The number of nitrogens with zero attached hydrogens (tertiary/aromatic N) is 2. The molecule has 2 heterocycles. The number of carbonyl (C=O) groups is 2. The van der Waals surface area contributed by atoms with Crippen molar-refractivity contribution in [1.82, 2.24) is 9.78 Å². The van der Waals surface area contributed by atoms with Gasteiger partial charge in [-0.3, -0.25) is 14.3 Å². The van der Waals surface area contributed by atoms with Crippen LogP contribution in [0.25, 0.3) is 0 Å². The smallest absolute Gasteiger partial charge is 0.224 e. The Balaban J connectivity index is 1.61. The van der Waals surface area contributed by atoms with Gasteiger partial charge in [0.15, 0.2) is 0 Å². The van der Waals surface area contributed by atoms with Crippen LogP contribution in [0.1, 0.15) is 49.2 Å². The van der Waals surface area contributed by atoms with Crippen molar-refractivity contribution >= 4 is 23.2 Å². The fraction of sp³-hybridized carbons (Fsp3) is 0.476. The lowest BCUT2D eigenvalue weighted by molar-refractivity contribution is -0.117. The third-order valence-corrected chi connectivity index (χ3v) is 4.96. The Kier molecular flexibility index (Phi) is 5.63. The second-order valence-corrected chi connectivity index (χ2v) is 7.69. The number of fused-ring (bicyclic) bond motifs is 1. The molecule has 0 saturated carbocycles. The summed E-state index contributed by atoms with van der Waals surface area (Å²) in [6.45, 7) is 9.33. The summed E-state index contributed by atoms with van der Waals surface area (Å²) in [4.78, 5) is 23.8. The molecule has 144 valence electrons. The minimum absolute atomic E-state index is 0.00907. The van der Waals surface area contributed by atoms with Gasteiger partial charge in [0.25, 0.3) is 0 Å². The molecule has 2 aromatic rings. The largest absolute Gasteiger partial charge is 0.326 e. The molecule has 3 rings (SSSR count). The number of carbonyl (C=O) groups excluding carboxylic acids is 2. The Hall–Kier alpha value is -2.63. The molecule has 0 atom stereocenters. The van der Waals surface area contributed by atoms with Gasteiger partial charge in [-0.25, -0.2) is 0 Å². The summed E-state index contributed by atoms with van der Waals surface area (Å²) in [6, 6.07) is 5.63. The molecular formula is C21H28N4O2. The first-order chi connectivity index (χ1) is 12.8. The zero-order valence-electron chi connectivity index (χ0n) is 16.6. The van der Waals surface area contributed by atoms with Crippen LogP contribution in [0.2, 0.25) is 0 Å². The molecule has 0 unspecified atom stereocenters. The highest BCUT2D eigenvalue weighted by molar-refractivity contribution is 5.95. The van der Waals surface area contributed by atoms with Gasteiger partial charge < -0.3 is 10.6 Å². The number of aryl methyl sites for hydroxylation is 2. The number of nitrogens with one attached hydrogen (secondary N) is 2. The Morgan fingerprint density at radius 3 is 2.81 bits per heavy atom. The van der Waals surface area contributed by atoms with E-state index >= 15 is 0 Å². The maximum absolute atomic E-state index is 12.4. The number of anilines is 2. The van der Waals surface area contributed by atoms with Crippen LogP contribution in [0.15, 0.2) is 18.2 Å². The first-order valence-corrected chi connectivity index (χ1v) is 9.59. The average Bonchev–Trinajstić information content (AvgIpc) is 2.86. The van der Waals surface area contributed by atoms with E-state index in [4.69, 9.17) is 0 Å². The van der Waals surface area contributed by atoms with Crippen LogP contribution in [0, 0.1) is 19.8 Å². The predicted molar refractivity (Wildman–Crippen MR) is 107 cm³/mol. The van der Waals surface area contributed by atoms with Crippen molar-refractivity contribution in [2.24, 2.45) is 5.92 Å². The minimum Gasteiger partial charge on any atom is -0.326 e. The minimum atomic E-state index is -0.00907. The van der Waals surface area contributed by atoms with Crippen molar-refractivity contribution in [2.75, 3.05) is 10.6 Å². The van der Waals surface area contributed by atoms with Crippen molar-refractivity contribution < 1.29 is 9.59 Å². The molecule has 1 aromatic carbocycles. The predicted octanol–water partition coefficient (Wildman–Crippen LogP) is 3.61. The van der Waals surface area contributed by atoms with Gasteiger partial charge >= 0.3 is 0 Å². The van der Waals surface area contributed by atoms with Gasteiger partial charge in [-0.15, -0.1) is 0 Å². The van der Waals surface area contributed by atoms with Crippen LogP contribution in [-0.4, -0.2) is 21.6 Å². The molecule has 0 aliphatic carbocycles. The summed E-state index contributed by atoms with van der Waals surface area (Å²) in [5, 5.41) is 10.4. The monoisotopic (exact) mass is 368 g/mol. The van der Waals surface area contributed by atoms with E-state index in [1.807, 2.05) is 29.8 Å². The third kappa shape index (κ3) is 4.56. The van der Waals surface area contributed by atoms with Crippen LogP contribution in [0.3, 0.4) is 0 Å². The Labute approximate surface area is 160 Å². The summed E-state index contributed by atoms with van der Waals surface area (Å²) in [5.74, 6) is 0.571. The molecule has 6 nitrogen and oxygen atoms in total.